The average molecular weight is 398 g/mol. The van der Waals surface area contributed by atoms with Gasteiger partial charge in [0.1, 0.15) is 0 Å². The minimum Gasteiger partial charge on any atom is -0.455 e. The lowest BCUT2D eigenvalue weighted by atomic mass is 10.1. The van der Waals surface area contributed by atoms with Crippen molar-refractivity contribution in [3.8, 4) is 0 Å². The second-order valence-electron chi connectivity index (χ2n) is 6.60. The molecular formula is C18H17F3N2O5. The Morgan fingerprint density at radius 1 is 1.18 bits per heavy atom. The van der Waals surface area contributed by atoms with Crippen LogP contribution in [0.3, 0.4) is 0 Å². The maximum Gasteiger partial charge on any atom is 0.416 e. The van der Waals surface area contributed by atoms with Crippen LogP contribution in [0.1, 0.15) is 24.8 Å². The highest BCUT2D eigenvalue weighted by molar-refractivity contribution is 6.00. The van der Waals surface area contributed by atoms with Gasteiger partial charge in [0.15, 0.2) is 6.61 Å². The number of esters is 1. The molecule has 2 heterocycles. The van der Waals surface area contributed by atoms with Crippen molar-refractivity contribution >= 4 is 29.4 Å². The molecule has 2 fully saturated rings. The van der Waals surface area contributed by atoms with E-state index in [9.17, 15) is 32.3 Å². The van der Waals surface area contributed by atoms with E-state index in [4.69, 9.17) is 4.74 Å². The molecule has 0 bridgehead atoms. The van der Waals surface area contributed by atoms with Crippen molar-refractivity contribution in [3.63, 3.8) is 0 Å². The molecule has 0 saturated carbocycles. The number of halogens is 3. The van der Waals surface area contributed by atoms with Gasteiger partial charge in [-0.3, -0.25) is 24.1 Å². The highest BCUT2D eigenvalue weighted by Crippen LogP contribution is 2.33. The largest absolute Gasteiger partial charge is 0.455 e. The van der Waals surface area contributed by atoms with Crippen molar-refractivity contribution in [3.05, 3.63) is 29.8 Å². The number of amides is 3. The SMILES string of the molecule is O=C(OCC(=O)N1CCCC1=O)[C@H]1CC(=O)N(c2cccc(C(F)(F)F)c2)C1. The summed E-state index contributed by atoms with van der Waals surface area (Å²) in [6.45, 7) is -0.477. The Kier molecular flexibility index (Phi) is 5.39. The van der Waals surface area contributed by atoms with Gasteiger partial charge in [-0.1, -0.05) is 6.07 Å². The summed E-state index contributed by atoms with van der Waals surface area (Å²) in [6.07, 6.45) is -3.96. The minimum absolute atomic E-state index is 0.0360. The number of benzene rings is 1. The predicted molar refractivity (Wildman–Crippen MR) is 88.8 cm³/mol. The molecular weight excluding hydrogens is 381 g/mol. The van der Waals surface area contributed by atoms with E-state index >= 15 is 0 Å². The summed E-state index contributed by atoms with van der Waals surface area (Å²) >= 11 is 0. The molecule has 0 unspecified atom stereocenters. The molecule has 0 aliphatic carbocycles. The number of alkyl halides is 3. The molecule has 0 radical (unpaired) electrons. The number of imide groups is 1. The monoisotopic (exact) mass is 398 g/mol. The zero-order chi connectivity index (χ0) is 20.5. The van der Waals surface area contributed by atoms with Gasteiger partial charge in [-0.15, -0.1) is 0 Å². The quantitative estimate of drug-likeness (QED) is 0.722. The fourth-order valence-corrected chi connectivity index (χ4v) is 3.21. The fraction of sp³-hybridized carbons (Fsp3) is 0.444. The smallest absolute Gasteiger partial charge is 0.416 e. The van der Waals surface area contributed by atoms with Crippen LogP contribution in [-0.4, -0.2) is 48.3 Å². The van der Waals surface area contributed by atoms with Crippen LogP contribution < -0.4 is 4.90 Å². The van der Waals surface area contributed by atoms with Gasteiger partial charge in [0, 0.05) is 31.6 Å². The molecule has 7 nitrogen and oxygen atoms in total. The molecule has 0 N–H and O–H groups in total. The van der Waals surface area contributed by atoms with Crippen molar-refractivity contribution in [2.75, 3.05) is 24.6 Å². The van der Waals surface area contributed by atoms with Crippen LogP contribution in [0.25, 0.3) is 0 Å². The van der Waals surface area contributed by atoms with Crippen molar-refractivity contribution in [1.82, 2.24) is 4.90 Å². The molecule has 2 aliphatic heterocycles. The van der Waals surface area contributed by atoms with Crippen LogP contribution in [0, 0.1) is 5.92 Å². The summed E-state index contributed by atoms with van der Waals surface area (Å²) in [7, 11) is 0. The third kappa shape index (κ3) is 4.15. The molecule has 0 spiro atoms. The second-order valence-corrected chi connectivity index (χ2v) is 6.60. The number of nitrogens with zero attached hydrogens (tertiary/aromatic N) is 2. The fourth-order valence-electron chi connectivity index (χ4n) is 3.21. The summed E-state index contributed by atoms with van der Waals surface area (Å²) < 4.78 is 43.5. The number of hydrogen-bond acceptors (Lipinski definition) is 5. The normalized spacial score (nSPS) is 20.0. The number of hydrogen-bond donors (Lipinski definition) is 0. The molecule has 1 aromatic carbocycles. The molecule has 28 heavy (non-hydrogen) atoms. The summed E-state index contributed by atoms with van der Waals surface area (Å²) in [5.41, 5.74) is -0.862. The molecule has 2 aliphatic rings. The molecule has 1 aromatic rings. The molecule has 1 atom stereocenters. The molecule has 0 aromatic heterocycles. The van der Waals surface area contributed by atoms with Gasteiger partial charge in [-0.05, 0) is 24.6 Å². The van der Waals surface area contributed by atoms with E-state index in [0.717, 1.165) is 21.9 Å². The van der Waals surface area contributed by atoms with E-state index < -0.39 is 42.0 Å². The Morgan fingerprint density at radius 3 is 2.57 bits per heavy atom. The second kappa shape index (κ2) is 7.61. The van der Waals surface area contributed by atoms with Crippen molar-refractivity contribution in [2.24, 2.45) is 5.92 Å². The summed E-state index contributed by atoms with van der Waals surface area (Å²) in [6, 6.07) is 4.27. The van der Waals surface area contributed by atoms with Crippen LogP contribution in [0.5, 0.6) is 0 Å². The van der Waals surface area contributed by atoms with Gasteiger partial charge in [-0.25, -0.2) is 0 Å². The average Bonchev–Trinajstić information content (AvgIpc) is 3.24. The van der Waals surface area contributed by atoms with Crippen molar-refractivity contribution in [2.45, 2.75) is 25.4 Å². The summed E-state index contributed by atoms with van der Waals surface area (Å²) in [5.74, 6) is -3.17. The van der Waals surface area contributed by atoms with Crippen LogP contribution in [0.15, 0.2) is 24.3 Å². The highest BCUT2D eigenvalue weighted by atomic mass is 19.4. The standard InChI is InChI=1S/C18H17F3N2O5/c19-18(20,21)12-3-1-4-13(8-12)23-9-11(7-15(23)25)17(27)28-10-16(26)22-6-2-5-14(22)24/h1,3-4,8,11H,2,5-7,9-10H2/t11-/m0/s1. The maximum absolute atomic E-state index is 12.9. The van der Waals surface area contributed by atoms with E-state index in [2.05, 4.69) is 0 Å². The van der Waals surface area contributed by atoms with Gasteiger partial charge in [0.2, 0.25) is 11.8 Å². The zero-order valence-corrected chi connectivity index (χ0v) is 14.7. The van der Waals surface area contributed by atoms with Gasteiger partial charge in [0.05, 0.1) is 11.5 Å². The Morgan fingerprint density at radius 2 is 1.93 bits per heavy atom. The number of carbonyl (C=O) groups excluding carboxylic acids is 4. The highest BCUT2D eigenvalue weighted by Gasteiger charge is 2.38. The van der Waals surface area contributed by atoms with Gasteiger partial charge in [-0.2, -0.15) is 13.2 Å². The van der Waals surface area contributed by atoms with Crippen LogP contribution in [-0.2, 0) is 30.1 Å². The predicted octanol–water partition coefficient (Wildman–Crippen LogP) is 1.75. The van der Waals surface area contributed by atoms with E-state index in [0.29, 0.717) is 6.42 Å². The first-order valence-corrected chi connectivity index (χ1v) is 8.64. The molecule has 10 heteroatoms. The molecule has 3 amide bonds. The van der Waals surface area contributed by atoms with E-state index in [1.807, 2.05) is 0 Å². The van der Waals surface area contributed by atoms with Crippen LogP contribution >= 0.6 is 0 Å². The third-order valence-corrected chi connectivity index (χ3v) is 4.66. The number of rotatable bonds is 4. The molecule has 2 saturated heterocycles. The first-order valence-electron chi connectivity index (χ1n) is 8.64. The number of anilines is 1. The van der Waals surface area contributed by atoms with Crippen LogP contribution in [0.2, 0.25) is 0 Å². The number of ether oxygens (including phenoxy) is 1. The number of likely N-dealkylation sites (tertiary alicyclic amines) is 1. The van der Waals surface area contributed by atoms with E-state index in [1.165, 1.54) is 12.1 Å². The minimum atomic E-state index is -4.55. The van der Waals surface area contributed by atoms with Gasteiger partial charge < -0.3 is 9.64 Å². The Bertz CT molecular complexity index is 824. The van der Waals surface area contributed by atoms with Crippen molar-refractivity contribution in [1.29, 1.82) is 0 Å². The van der Waals surface area contributed by atoms with Gasteiger partial charge >= 0.3 is 12.1 Å². The summed E-state index contributed by atoms with van der Waals surface area (Å²) in [4.78, 5) is 49.8. The zero-order valence-electron chi connectivity index (χ0n) is 14.7. The topological polar surface area (TPSA) is 84.0 Å². The number of carbonyl (C=O) groups is 4. The van der Waals surface area contributed by atoms with E-state index in [1.54, 1.807) is 0 Å². The molecule has 3 rings (SSSR count). The Labute approximate surface area is 158 Å². The lowest BCUT2D eigenvalue weighted by molar-refractivity contribution is -0.157. The molecule has 150 valence electrons. The third-order valence-electron chi connectivity index (χ3n) is 4.66. The van der Waals surface area contributed by atoms with Crippen molar-refractivity contribution < 1.29 is 37.1 Å². The van der Waals surface area contributed by atoms with Crippen LogP contribution in [0.4, 0.5) is 18.9 Å². The first kappa shape index (κ1) is 19.8. The maximum atomic E-state index is 12.9. The van der Waals surface area contributed by atoms with Gasteiger partial charge in [0.25, 0.3) is 5.91 Å². The summed E-state index contributed by atoms with van der Waals surface area (Å²) in [5, 5.41) is 0. The lowest BCUT2D eigenvalue weighted by Crippen LogP contribution is -2.36. The lowest BCUT2D eigenvalue weighted by Gasteiger charge is -2.18. The Balaban J connectivity index is 1.60. The Hall–Kier alpha value is -2.91. The first-order chi connectivity index (χ1) is 13.2. The van der Waals surface area contributed by atoms with E-state index in [-0.39, 0.29) is 37.5 Å².